The van der Waals surface area contributed by atoms with Crippen molar-refractivity contribution in [1.29, 1.82) is 0 Å². The van der Waals surface area contributed by atoms with E-state index in [1.807, 2.05) is 30.3 Å². The van der Waals surface area contributed by atoms with Gasteiger partial charge in [-0.1, -0.05) is 37.3 Å². The van der Waals surface area contributed by atoms with Gasteiger partial charge in [0.05, 0.1) is 17.1 Å². The van der Waals surface area contributed by atoms with Gasteiger partial charge >= 0.3 is 0 Å². The van der Waals surface area contributed by atoms with Crippen molar-refractivity contribution in [3.63, 3.8) is 0 Å². The molecule has 7 rings (SSSR count). The zero-order valence-corrected chi connectivity index (χ0v) is 23.9. The van der Waals surface area contributed by atoms with Gasteiger partial charge in [0.2, 0.25) is 0 Å². The summed E-state index contributed by atoms with van der Waals surface area (Å²) in [7, 11) is 2.21. The van der Waals surface area contributed by atoms with Crippen LogP contribution in [0.1, 0.15) is 49.8 Å². The standard InChI is InChI=1S/C31H39N9O/c1-3-20-4-13-26-25(18-20)36-31(33,41-26)22-7-5-21(6-8-22)28-27-29(32)34-19-35-30(27)40(37-28)24-11-9-23(10-12-24)39-16-14-38(2)15-17-39/h4-8,13,18-19,23-24,36H,3,9-12,14-17,33H2,1-2H3,(H2,32,34,35). The second kappa shape index (κ2) is 10.3. The lowest BCUT2D eigenvalue weighted by Crippen LogP contribution is -2.49. The molecule has 2 aromatic carbocycles. The minimum atomic E-state index is -1.14. The van der Waals surface area contributed by atoms with Gasteiger partial charge in [-0.2, -0.15) is 5.10 Å². The Labute approximate surface area is 240 Å². The molecule has 41 heavy (non-hydrogen) atoms. The number of hydrogen-bond acceptors (Lipinski definition) is 9. The van der Waals surface area contributed by atoms with Gasteiger partial charge in [-0.15, -0.1) is 0 Å². The Balaban J connectivity index is 1.14. The molecular weight excluding hydrogens is 514 g/mol. The first-order valence-corrected chi connectivity index (χ1v) is 14.8. The van der Waals surface area contributed by atoms with Crippen LogP contribution in [0.25, 0.3) is 22.3 Å². The number of fused-ring (bicyclic) bond motifs is 2. The van der Waals surface area contributed by atoms with E-state index in [1.165, 1.54) is 18.4 Å². The third-order valence-electron chi connectivity index (χ3n) is 9.22. The summed E-state index contributed by atoms with van der Waals surface area (Å²) in [5.41, 5.74) is 18.6. The molecule has 4 aromatic rings. The maximum absolute atomic E-state index is 6.70. The summed E-state index contributed by atoms with van der Waals surface area (Å²) >= 11 is 0. The van der Waals surface area contributed by atoms with Crippen LogP contribution in [0, 0.1) is 0 Å². The highest BCUT2D eigenvalue weighted by molar-refractivity contribution is 5.98. The van der Waals surface area contributed by atoms with E-state index in [0.717, 1.165) is 84.7 Å². The normalized spacial score (nSPS) is 25.1. The maximum Gasteiger partial charge on any atom is 0.263 e. The number of hydrogen-bond donors (Lipinski definition) is 3. The molecule has 2 fully saturated rings. The number of ether oxygens (including phenoxy) is 1. The Morgan fingerprint density at radius 1 is 0.976 bits per heavy atom. The maximum atomic E-state index is 6.70. The predicted octanol–water partition coefficient (Wildman–Crippen LogP) is 3.94. The van der Waals surface area contributed by atoms with Crippen molar-refractivity contribution >= 4 is 22.5 Å². The summed E-state index contributed by atoms with van der Waals surface area (Å²) in [5, 5.41) is 9.29. The molecule has 10 nitrogen and oxygen atoms in total. The Hall–Kier alpha value is -3.73. The third kappa shape index (κ3) is 4.69. The number of aryl methyl sites for hydroxylation is 1. The number of likely N-dealkylation sites (N-methyl/N-ethyl adjacent to an activating group) is 1. The van der Waals surface area contributed by atoms with Gasteiger partial charge in [-0.25, -0.2) is 14.6 Å². The number of benzene rings is 2. The lowest BCUT2D eigenvalue weighted by molar-refractivity contribution is 0.0815. The van der Waals surface area contributed by atoms with Crippen molar-refractivity contribution < 1.29 is 4.74 Å². The number of aromatic nitrogens is 4. The lowest BCUT2D eigenvalue weighted by Gasteiger charge is -2.41. The molecule has 2 aromatic heterocycles. The Kier molecular flexibility index (Phi) is 6.56. The summed E-state index contributed by atoms with van der Waals surface area (Å²) in [6, 6.07) is 15.1. The van der Waals surface area contributed by atoms with Gasteiger partial charge in [0.15, 0.2) is 5.65 Å². The Morgan fingerprint density at radius 2 is 1.71 bits per heavy atom. The van der Waals surface area contributed by atoms with Gasteiger partial charge in [-0.05, 0) is 56.8 Å². The lowest BCUT2D eigenvalue weighted by atomic mass is 9.90. The van der Waals surface area contributed by atoms with E-state index < -0.39 is 5.85 Å². The fourth-order valence-corrected chi connectivity index (χ4v) is 6.70. The van der Waals surface area contributed by atoms with E-state index in [1.54, 1.807) is 6.33 Å². The highest BCUT2D eigenvalue weighted by Crippen LogP contribution is 2.41. The van der Waals surface area contributed by atoms with Crippen molar-refractivity contribution in [3.05, 3.63) is 59.9 Å². The molecule has 1 saturated carbocycles. The zero-order chi connectivity index (χ0) is 28.1. The molecule has 3 aliphatic rings. The highest BCUT2D eigenvalue weighted by atomic mass is 16.5. The molecule has 0 radical (unpaired) electrons. The van der Waals surface area contributed by atoms with E-state index >= 15 is 0 Å². The number of rotatable bonds is 5. The summed E-state index contributed by atoms with van der Waals surface area (Å²) in [6.07, 6.45) is 7.00. The van der Waals surface area contributed by atoms with Crippen LogP contribution in [0.4, 0.5) is 11.5 Å². The summed E-state index contributed by atoms with van der Waals surface area (Å²) < 4.78 is 8.26. The Morgan fingerprint density at radius 3 is 2.44 bits per heavy atom. The molecule has 4 heterocycles. The van der Waals surface area contributed by atoms with Crippen molar-refractivity contribution in [3.8, 4) is 17.0 Å². The van der Waals surface area contributed by atoms with Crippen LogP contribution in [0.5, 0.6) is 5.75 Å². The first-order chi connectivity index (χ1) is 19.9. The average molecular weight is 554 g/mol. The smallest absolute Gasteiger partial charge is 0.263 e. The van der Waals surface area contributed by atoms with Crippen molar-refractivity contribution in [2.75, 3.05) is 44.3 Å². The SMILES string of the molecule is CCc1ccc2c(c1)NC(N)(c1ccc(-c3nn(C4CCC(N5CCN(C)CC5)CC4)c4ncnc(N)c34)cc1)O2. The summed E-state index contributed by atoms with van der Waals surface area (Å²) in [4.78, 5) is 14.1. The largest absolute Gasteiger partial charge is 0.448 e. The van der Waals surface area contributed by atoms with E-state index in [4.69, 9.17) is 21.3 Å². The van der Waals surface area contributed by atoms with Gasteiger partial charge in [0.25, 0.3) is 5.85 Å². The molecule has 0 amide bonds. The van der Waals surface area contributed by atoms with Crippen LogP contribution < -0.4 is 21.5 Å². The van der Waals surface area contributed by atoms with Crippen LogP contribution in [0.3, 0.4) is 0 Å². The van der Waals surface area contributed by atoms with Crippen molar-refractivity contribution in [1.82, 2.24) is 29.5 Å². The summed E-state index contributed by atoms with van der Waals surface area (Å²) in [5.74, 6) is 0.0645. The van der Waals surface area contributed by atoms with Crippen molar-refractivity contribution in [2.45, 2.75) is 57.0 Å². The number of piperazine rings is 1. The van der Waals surface area contributed by atoms with E-state index in [9.17, 15) is 0 Å². The van der Waals surface area contributed by atoms with Crippen LogP contribution in [-0.4, -0.2) is 68.8 Å². The fraction of sp³-hybridized carbons (Fsp3) is 0.452. The monoisotopic (exact) mass is 553 g/mol. The average Bonchev–Trinajstić information content (AvgIpc) is 3.56. The van der Waals surface area contributed by atoms with Gasteiger partial charge in [-0.3, -0.25) is 10.6 Å². The third-order valence-corrected chi connectivity index (χ3v) is 9.22. The van der Waals surface area contributed by atoms with E-state index in [2.05, 4.69) is 55.9 Å². The van der Waals surface area contributed by atoms with E-state index in [-0.39, 0.29) is 0 Å². The number of nitrogens with one attached hydrogen (secondary N) is 1. The van der Waals surface area contributed by atoms with Crippen LogP contribution in [0.2, 0.25) is 0 Å². The molecule has 2 aliphatic heterocycles. The second-order valence-electron chi connectivity index (χ2n) is 11.8. The molecule has 1 atom stereocenters. The molecule has 10 heteroatoms. The fourth-order valence-electron chi connectivity index (χ4n) is 6.70. The quantitative estimate of drug-likeness (QED) is 0.337. The minimum Gasteiger partial charge on any atom is -0.448 e. The van der Waals surface area contributed by atoms with Gasteiger partial charge in [0.1, 0.15) is 23.6 Å². The molecule has 214 valence electrons. The number of nitrogens with two attached hydrogens (primary N) is 2. The van der Waals surface area contributed by atoms with Crippen LogP contribution >= 0.6 is 0 Å². The second-order valence-corrected chi connectivity index (χ2v) is 11.8. The molecule has 1 saturated heterocycles. The Bertz CT molecular complexity index is 1550. The highest BCUT2D eigenvalue weighted by Gasteiger charge is 2.37. The van der Waals surface area contributed by atoms with Gasteiger partial charge in [0, 0.05) is 43.3 Å². The number of nitrogens with zero attached hydrogens (tertiary/aromatic N) is 6. The molecule has 1 aliphatic carbocycles. The number of anilines is 2. The topological polar surface area (TPSA) is 123 Å². The van der Waals surface area contributed by atoms with E-state index in [0.29, 0.717) is 17.9 Å². The zero-order valence-electron chi connectivity index (χ0n) is 23.9. The van der Waals surface area contributed by atoms with Crippen LogP contribution in [0.15, 0.2) is 48.8 Å². The molecule has 0 spiro atoms. The van der Waals surface area contributed by atoms with Crippen LogP contribution in [-0.2, 0) is 12.3 Å². The minimum absolute atomic E-state index is 0.290. The first kappa shape index (κ1) is 26.2. The predicted molar refractivity (Wildman–Crippen MR) is 161 cm³/mol. The molecular formula is C31H39N9O. The number of nitrogen functional groups attached to an aromatic ring is 1. The summed E-state index contributed by atoms with van der Waals surface area (Å²) in [6.45, 7) is 6.77. The van der Waals surface area contributed by atoms with Gasteiger partial charge < -0.3 is 20.7 Å². The molecule has 1 unspecified atom stereocenters. The molecule has 0 bridgehead atoms. The van der Waals surface area contributed by atoms with Crippen molar-refractivity contribution in [2.24, 2.45) is 5.73 Å². The first-order valence-electron chi connectivity index (χ1n) is 14.8. The molecule has 5 N–H and O–H groups in total.